The van der Waals surface area contributed by atoms with Crippen LogP contribution in [0.2, 0.25) is 0 Å². The Hall–Kier alpha value is -1.93. The first-order chi connectivity index (χ1) is 15.8. The predicted molar refractivity (Wildman–Crippen MR) is 133 cm³/mol. The zero-order valence-electron chi connectivity index (χ0n) is 18.5. The van der Waals surface area contributed by atoms with Crippen LogP contribution in [0.25, 0.3) is 5.57 Å². The van der Waals surface area contributed by atoms with Gasteiger partial charge in [0.2, 0.25) is 0 Å². The molecule has 0 amide bonds. The van der Waals surface area contributed by atoms with E-state index in [9.17, 15) is 5.11 Å². The van der Waals surface area contributed by atoms with Crippen molar-refractivity contribution in [3.63, 3.8) is 0 Å². The van der Waals surface area contributed by atoms with Crippen LogP contribution >= 0.6 is 0 Å². The fourth-order valence-electron chi connectivity index (χ4n) is 3.04. The first-order valence-electron chi connectivity index (χ1n) is 10.7. The van der Waals surface area contributed by atoms with Crippen LogP contribution in [0, 0.1) is 70.3 Å². The molecule has 5 rings (SSSR count). The van der Waals surface area contributed by atoms with Gasteiger partial charge in [0.25, 0.3) is 0 Å². The molecular formula is C31H27OTi-. The normalized spacial score (nSPS) is 15.8. The Balaban J connectivity index is 0.000000288. The van der Waals surface area contributed by atoms with Gasteiger partial charge in [0.15, 0.2) is 0 Å². The van der Waals surface area contributed by atoms with Crippen molar-refractivity contribution in [2.75, 3.05) is 0 Å². The second kappa shape index (κ2) is 16.7. The molecule has 0 aliphatic heterocycles. The number of aliphatic hydroxyl groups is 1. The molecule has 3 aromatic rings. The van der Waals surface area contributed by atoms with Gasteiger partial charge in [-0.25, -0.2) is 0 Å². The van der Waals surface area contributed by atoms with E-state index in [1.54, 1.807) is 0 Å². The van der Waals surface area contributed by atoms with E-state index in [0.717, 1.165) is 22.3 Å². The van der Waals surface area contributed by atoms with Crippen LogP contribution in [-0.2, 0) is 21.7 Å². The fourth-order valence-corrected chi connectivity index (χ4v) is 3.04. The quantitative estimate of drug-likeness (QED) is 0.260. The van der Waals surface area contributed by atoms with E-state index in [1.807, 2.05) is 155 Å². The van der Waals surface area contributed by atoms with E-state index in [-0.39, 0.29) is 21.7 Å². The monoisotopic (exact) mass is 463 g/mol. The maximum absolute atomic E-state index is 10.8. The molecule has 162 valence electrons. The summed E-state index contributed by atoms with van der Waals surface area (Å²) in [6.07, 6.45) is 22.7. The van der Waals surface area contributed by atoms with Crippen LogP contribution in [-0.4, -0.2) is 5.11 Å². The number of hydrogen-bond donors (Lipinski definition) is 1. The Morgan fingerprint density at radius 1 is 0.515 bits per heavy atom. The van der Waals surface area contributed by atoms with Crippen molar-refractivity contribution < 1.29 is 26.8 Å². The molecule has 2 fully saturated rings. The van der Waals surface area contributed by atoms with Crippen molar-refractivity contribution in [2.45, 2.75) is 6.10 Å². The molecule has 2 heteroatoms. The van der Waals surface area contributed by atoms with Crippen molar-refractivity contribution in [3.8, 4) is 0 Å². The summed E-state index contributed by atoms with van der Waals surface area (Å²) < 4.78 is 0. The minimum Gasteiger partial charge on any atom is -0.385 e. The van der Waals surface area contributed by atoms with E-state index in [0.29, 0.717) is 0 Å². The van der Waals surface area contributed by atoms with Gasteiger partial charge in [-0.15, -0.1) is 35.9 Å². The van der Waals surface area contributed by atoms with Crippen LogP contribution in [0.4, 0.5) is 0 Å². The van der Waals surface area contributed by atoms with E-state index in [2.05, 4.69) is 6.08 Å². The van der Waals surface area contributed by atoms with Gasteiger partial charge < -0.3 is 5.11 Å². The van der Waals surface area contributed by atoms with Crippen LogP contribution in [0.5, 0.6) is 0 Å². The summed E-state index contributed by atoms with van der Waals surface area (Å²) in [5.41, 5.74) is 3.57. The summed E-state index contributed by atoms with van der Waals surface area (Å²) in [5, 5.41) is 10.8. The van der Waals surface area contributed by atoms with Crippen LogP contribution in [0.3, 0.4) is 0 Å². The summed E-state index contributed by atoms with van der Waals surface area (Å²) in [5.74, 6) is 0. The fraction of sp³-hybridized carbons (Fsp3) is 0.0323. The summed E-state index contributed by atoms with van der Waals surface area (Å²) in [6.45, 7) is 0. The smallest absolute Gasteiger partial charge is 0.0878 e. The van der Waals surface area contributed by atoms with Crippen molar-refractivity contribution in [3.05, 3.63) is 178 Å². The first-order valence-corrected chi connectivity index (χ1v) is 10.7. The van der Waals surface area contributed by atoms with E-state index < -0.39 is 6.10 Å². The molecule has 2 saturated carbocycles. The first kappa shape index (κ1) is 27.3. The molecule has 1 unspecified atom stereocenters. The van der Waals surface area contributed by atoms with Crippen molar-refractivity contribution in [1.29, 1.82) is 0 Å². The SMILES string of the molecule is OC(C(=[C-]c1ccccc1)c1ccccc1)c1ccccc1.[CH]1[CH][CH][CH][CH]1.[CH]1[CH][CH][CH][CH]1.[Ti]. The number of aliphatic hydroxyl groups excluding tert-OH is 1. The van der Waals surface area contributed by atoms with E-state index >= 15 is 0 Å². The maximum atomic E-state index is 10.8. The third kappa shape index (κ3) is 10.3. The summed E-state index contributed by atoms with van der Waals surface area (Å²) in [6, 6.07) is 29.5. The molecule has 0 aromatic heterocycles. The summed E-state index contributed by atoms with van der Waals surface area (Å²) >= 11 is 0. The van der Waals surface area contributed by atoms with Gasteiger partial charge in [-0.2, -0.15) is 0 Å². The summed E-state index contributed by atoms with van der Waals surface area (Å²) in [7, 11) is 0. The Bertz CT molecular complexity index is 857. The molecule has 1 nitrogen and oxygen atoms in total. The number of hydrogen-bond acceptors (Lipinski definition) is 1. The predicted octanol–water partition coefficient (Wildman–Crippen LogP) is 6.70. The van der Waals surface area contributed by atoms with Crippen LogP contribution in [0.15, 0.2) is 91.0 Å². The Morgan fingerprint density at radius 2 is 0.879 bits per heavy atom. The Kier molecular flexibility index (Phi) is 13.8. The second-order valence-corrected chi connectivity index (χ2v) is 7.01. The van der Waals surface area contributed by atoms with Crippen molar-refractivity contribution in [1.82, 2.24) is 0 Å². The molecular weight excluding hydrogens is 436 g/mol. The van der Waals surface area contributed by atoms with Crippen molar-refractivity contribution >= 4 is 5.57 Å². The summed E-state index contributed by atoms with van der Waals surface area (Å²) in [4.78, 5) is 0. The number of benzene rings is 3. The molecule has 33 heavy (non-hydrogen) atoms. The molecule has 0 saturated heterocycles. The third-order valence-corrected chi connectivity index (χ3v) is 4.64. The van der Waals surface area contributed by atoms with Crippen molar-refractivity contribution in [2.24, 2.45) is 0 Å². The van der Waals surface area contributed by atoms with Gasteiger partial charge in [0.1, 0.15) is 0 Å². The molecule has 10 radical (unpaired) electrons. The average molecular weight is 463 g/mol. The largest absolute Gasteiger partial charge is 0.385 e. The molecule has 0 spiro atoms. The van der Waals surface area contributed by atoms with E-state index in [4.69, 9.17) is 0 Å². The Morgan fingerprint density at radius 3 is 1.30 bits per heavy atom. The minimum atomic E-state index is -0.705. The Labute approximate surface area is 215 Å². The minimum absolute atomic E-state index is 0. The zero-order valence-corrected chi connectivity index (χ0v) is 20.0. The van der Waals surface area contributed by atoms with Crippen LogP contribution < -0.4 is 0 Å². The molecule has 0 bridgehead atoms. The molecule has 2 aliphatic rings. The van der Waals surface area contributed by atoms with Gasteiger partial charge in [-0.3, -0.25) is 0 Å². The number of rotatable bonds is 4. The van der Waals surface area contributed by atoms with Gasteiger partial charge in [0.05, 0.1) is 6.10 Å². The van der Waals surface area contributed by atoms with E-state index in [1.165, 1.54) is 0 Å². The molecule has 2 aliphatic carbocycles. The van der Waals surface area contributed by atoms with Gasteiger partial charge in [0, 0.05) is 21.7 Å². The average Bonchev–Trinajstić information content (AvgIpc) is 3.64. The zero-order chi connectivity index (χ0) is 22.3. The third-order valence-electron chi connectivity index (χ3n) is 4.64. The molecule has 0 heterocycles. The standard InChI is InChI=1S/C21H17O.2C5H5.Ti/c22-21(19-14-8-3-9-15-19)20(18-12-6-2-7-13-18)16-17-10-4-1-5-11-17;2*1-2-4-5-3-1;/h1-15,21-22H;2*1-5H;/q-1;;;. The molecule has 3 aromatic carbocycles. The topological polar surface area (TPSA) is 20.2 Å². The second-order valence-electron chi connectivity index (χ2n) is 7.01. The van der Waals surface area contributed by atoms with Crippen LogP contribution in [0.1, 0.15) is 22.8 Å². The molecule has 1 atom stereocenters. The molecule has 1 N–H and O–H groups in total. The van der Waals surface area contributed by atoms with Gasteiger partial charge in [-0.1, -0.05) is 77.9 Å². The van der Waals surface area contributed by atoms with Gasteiger partial charge >= 0.3 is 0 Å². The van der Waals surface area contributed by atoms with Gasteiger partial charge in [-0.05, 0) is 69.8 Å². The maximum Gasteiger partial charge on any atom is 0.0878 e.